The second-order valence-corrected chi connectivity index (χ2v) is 12.9. The Bertz CT molecular complexity index is 1600. The third kappa shape index (κ3) is 5.68. The highest BCUT2D eigenvalue weighted by atomic mass is 15.2. The minimum atomic E-state index is -0.410. The molecule has 0 fully saturated rings. The highest BCUT2D eigenvalue weighted by Gasteiger charge is 2.39. The summed E-state index contributed by atoms with van der Waals surface area (Å²) in [5.41, 5.74) is 7.09. The van der Waals surface area contributed by atoms with Crippen molar-refractivity contribution in [3.63, 3.8) is 0 Å². The van der Waals surface area contributed by atoms with Crippen molar-refractivity contribution in [1.29, 1.82) is 10.5 Å². The van der Waals surface area contributed by atoms with Gasteiger partial charge in [0.25, 0.3) is 0 Å². The number of anilines is 6. The summed E-state index contributed by atoms with van der Waals surface area (Å²) in [5, 5.41) is 22.1. The van der Waals surface area contributed by atoms with Gasteiger partial charge in [-0.1, -0.05) is 114 Å². The van der Waals surface area contributed by atoms with Gasteiger partial charge < -0.3 is 9.80 Å². The molecule has 0 radical (unpaired) electrons. The Labute approximate surface area is 262 Å². The van der Waals surface area contributed by atoms with Gasteiger partial charge in [0, 0.05) is 22.7 Å². The van der Waals surface area contributed by atoms with Crippen molar-refractivity contribution in [1.82, 2.24) is 0 Å². The molecule has 0 atom stereocenters. The minimum absolute atomic E-state index is 0.352. The number of rotatable bonds is 6. The number of hydrogen-bond donors (Lipinski definition) is 0. The van der Waals surface area contributed by atoms with Gasteiger partial charge in [0.1, 0.15) is 12.1 Å². The maximum atomic E-state index is 11.1. The maximum absolute atomic E-state index is 11.1. The lowest BCUT2D eigenvalue weighted by molar-refractivity contribution is 0.531. The molecule has 0 unspecified atom stereocenters. The van der Waals surface area contributed by atoms with Gasteiger partial charge in [-0.3, -0.25) is 0 Å². The largest absolute Gasteiger partial charge is 0.309 e. The summed E-state index contributed by atoms with van der Waals surface area (Å²) in [4.78, 5) is 4.29. The molecular formula is C40H38N4. The van der Waals surface area contributed by atoms with Gasteiger partial charge in [-0.25, -0.2) is 0 Å². The van der Waals surface area contributed by atoms with Crippen LogP contribution in [0.2, 0.25) is 0 Å². The van der Waals surface area contributed by atoms with Crippen LogP contribution >= 0.6 is 0 Å². The second kappa shape index (κ2) is 12.1. The van der Waals surface area contributed by atoms with Gasteiger partial charge in [0.05, 0.1) is 22.5 Å². The fourth-order valence-corrected chi connectivity index (χ4v) is 5.97. The van der Waals surface area contributed by atoms with Crippen molar-refractivity contribution in [3.05, 3.63) is 144 Å². The molecule has 0 bridgehead atoms. The number of nitrogens with zero attached hydrogens (tertiary/aromatic N) is 4. The number of hydrogen-bond acceptors (Lipinski definition) is 4. The molecular weight excluding hydrogens is 536 g/mol. The Balaban J connectivity index is 2.06. The van der Waals surface area contributed by atoms with Gasteiger partial charge in [0.2, 0.25) is 0 Å². The van der Waals surface area contributed by atoms with E-state index in [1.807, 2.05) is 72.8 Å². The van der Waals surface area contributed by atoms with Crippen molar-refractivity contribution < 1.29 is 0 Å². The lowest BCUT2D eigenvalue weighted by Gasteiger charge is -2.41. The number of para-hydroxylation sites is 4. The van der Waals surface area contributed by atoms with Crippen molar-refractivity contribution in [2.24, 2.45) is 0 Å². The fraction of sp³-hybridized carbons (Fsp3) is 0.200. The van der Waals surface area contributed by atoms with Crippen LogP contribution in [0.25, 0.3) is 0 Å². The molecule has 0 saturated carbocycles. The SMILES string of the molecule is CC(C)(C)c1c(N(c2ccccc2)c2ccccc2)c(C#N)c(C#N)c(N(c2ccccc2)c2ccccc2)c1C(C)(C)C. The van der Waals surface area contributed by atoms with Crippen LogP contribution < -0.4 is 9.80 Å². The first-order valence-electron chi connectivity index (χ1n) is 14.9. The second-order valence-electron chi connectivity index (χ2n) is 12.9. The Morgan fingerprint density at radius 3 is 0.818 bits per heavy atom. The Kier molecular flexibility index (Phi) is 8.30. The monoisotopic (exact) mass is 574 g/mol. The van der Waals surface area contributed by atoms with Crippen LogP contribution in [0.4, 0.5) is 34.1 Å². The third-order valence-electron chi connectivity index (χ3n) is 7.68. The molecule has 44 heavy (non-hydrogen) atoms. The zero-order valence-electron chi connectivity index (χ0n) is 26.3. The van der Waals surface area contributed by atoms with Crippen molar-refractivity contribution in [3.8, 4) is 12.1 Å². The highest BCUT2D eigenvalue weighted by molar-refractivity contribution is 5.94. The molecule has 0 aliphatic rings. The summed E-state index contributed by atoms with van der Waals surface area (Å²) < 4.78 is 0. The van der Waals surface area contributed by atoms with Gasteiger partial charge in [-0.2, -0.15) is 10.5 Å². The summed E-state index contributed by atoms with van der Waals surface area (Å²) in [7, 11) is 0. The van der Waals surface area contributed by atoms with Crippen LogP contribution in [0, 0.1) is 22.7 Å². The molecule has 0 N–H and O–H groups in total. The molecule has 5 rings (SSSR count). The third-order valence-corrected chi connectivity index (χ3v) is 7.68. The van der Waals surface area contributed by atoms with Gasteiger partial charge >= 0.3 is 0 Å². The van der Waals surface area contributed by atoms with Crippen LogP contribution in [0.1, 0.15) is 63.8 Å². The Hall–Kier alpha value is -5.32. The van der Waals surface area contributed by atoms with E-state index >= 15 is 0 Å². The molecule has 5 aromatic rings. The zero-order chi connectivity index (χ0) is 31.5. The predicted molar refractivity (Wildman–Crippen MR) is 183 cm³/mol. The molecule has 4 nitrogen and oxygen atoms in total. The van der Waals surface area contributed by atoms with Gasteiger partial charge in [-0.15, -0.1) is 0 Å². The average molecular weight is 575 g/mol. The van der Waals surface area contributed by atoms with Crippen LogP contribution in [-0.2, 0) is 10.8 Å². The lowest BCUT2D eigenvalue weighted by atomic mass is 9.71. The quantitative estimate of drug-likeness (QED) is 0.202. The van der Waals surface area contributed by atoms with Crippen LogP contribution in [0.3, 0.4) is 0 Å². The van der Waals surface area contributed by atoms with E-state index in [2.05, 4.69) is 112 Å². The molecule has 0 saturated heterocycles. The number of benzene rings is 5. The van der Waals surface area contributed by atoms with E-state index in [0.717, 1.165) is 45.3 Å². The maximum Gasteiger partial charge on any atom is 0.103 e. The van der Waals surface area contributed by atoms with Crippen molar-refractivity contribution in [2.75, 3.05) is 9.80 Å². The van der Waals surface area contributed by atoms with Gasteiger partial charge in [-0.05, 0) is 70.5 Å². The molecule has 0 aliphatic carbocycles. The summed E-state index contributed by atoms with van der Waals surface area (Å²) in [6.45, 7) is 13.2. The van der Waals surface area contributed by atoms with Crippen LogP contribution in [0.15, 0.2) is 121 Å². The first kappa shape index (κ1) is 30.1. The van der Waals surface area contributed by atoms with E-state index in [4.69, 9.17) is 0 Å². The standard InChI is InChI=1S/C40H38N4/c1-39(2,3)35-36(40(4,5)6)38(44(31-23-15-9-16-24-31)32-25-17-10-18-26-32)34(28-42)33(27-41)37(35)43(29-19-11-7-12-20-29)30-21-13-8-14-22-30/h7-26H,1-6H3. The molecule has 0 spiro atoms. The van der Waals surface area contributed by atoms with E-state index in [1.54, 1.807) is 0 Å². The number of nitriles is 2. The zero-order valence-corrected chi connectivity index (χ0v) is 26.3. The Morgan fingerprint density at radius 2 is 0.636 bits per heavy atom. The van der Waals surface area contributed by atoms with Crippen LogP contribution in [-0.4, -0.2) is 0 Å². The Morgan fingerprint density at radius 1 is 0.409 bits per heavy atom. The average Bonchev–Trinajstić information content (AvgIpc) is 3.02. The topological polar surface area (TPSA) is 54.1 Å². The summed E-state index contributed by atoms with van der Waals surface area (Å²) >= 11 is 0. The van der Waals surface area contributed by atoms with Gasteiger partial charge in [0.15, 0.2) is 0 Å². The first-order valence-corrected chi connectivity index (χ1v) is 14.9. The summed E-state index contributed by atoms with van der Waals surface area (Å²) in [6, 6.07) is 45.5. The fourth-order valence-electron chi connectivity index (χ4n) is 5.97. The molecule has 0 aliphatic heterocycles. The molecule has 0 heterocycles. The molecule has 218 valence electrons. The van der Waals surface area contributed by atoms with Crippen molar-refractivity contribution >= 4 is 34.1 Å². The first-order chi connectivity index (χ1) is 21.1. The highest BCUT2D eigenvalue weighted by Crippen LogP contribution is 2.54. The molecule has 5 aromatic carbocycles. The van der Waals surface area contributed by atoms with E-state index in [9.17, 15) is 10.5 Å². The van der Waals surface area contributed by atoms with Crippen LogP contribution in [0.5, 0.6) is 0 Å². The van der Waals surface area contributed by atoms with Crippen molar-refractivity contribution in [2.45, 2.75) is 52.4 Å². The molecule has 4 heteroatoms. The van der Waals surface area contributed by atoms with E-state index < -0.39 is 10.8 Å². The predicted octanol–water partition coefficient (Wildman–Crippen LogP) is 11.0. The van der Waals surface area contributed by atoms with E-state index in [-0.39, 0.29) is 0 Å². The normalized spacial score (nSPS) is 11.4. The molecule has 0 amide bonds. The van der Waals surface area contributed by atoms with E-state index in [0.29, 0.717) is 11.1 Å². The lowest BCUT2D eigenvalue weighted by Crippen LogP contribution is -2.30. The molecule has 0 aromatic heterocycles. The minimum Gasteiger partial charge on any atom is -0.309 e. The van der Waals surface area contributed by atoms with E-state index in [1.165, 1.54) is 0 Å². The smallest absolute Gasteiger partial charge is 0.103 e. The summed E-state index contributed by atoms with van der Waals surface area (Å²) in [5.74, 6) is 0. The summed E-state index contributed by atoms with van der Waals surface area (Å²) in [6.07, 6.45) is 0.